The number of furan rings is 1. The Morgan fingerprint density at radius 1 is 0.364 bits per heavy atom. The zero-order valence-electron chi connectivity index (χ0n) is 23.8. The van der Waals surface area contributed by atoms with Gasteiger partial charge in [-0.3, -0.25) is 0 Å². The molecule has 0 aliphatic heterocycles. The van der Waals surface area contributed by atoms with Crippen LogP contribution in [0.2, 0.25) is 0 Å². The molecule has 0 aliphatic carbocycles. The van der Waals surface area contributed by atoms with Crippen molar-refractivity contribution in [1.82, 2.24) is 0 Å². The molecule has 0 fully saturated rings. The third kappa shape index (κ3) is 3.87. The van der Waals surface area contributed by atoms with Crippen LogP contribution in [-0.4, -0.2) is 39.2 Å². The van der Waals surface area contributed by atoms with Crippen molar-refractivity contribution in [2.24, 2.45) is 0 Å². The van der Waals surface area contributed by atoms with Gasteiger partial charge in [-0.1, -0.05) is 114 Å². The molecule has 0 aliphatic rings. The number of para-hydroxylation sites is 1. The maximum atomic E-state index is 6.62. The lowest BCUT2D eigenvalue weighted by Gasteiger charge is -2.25. The largest absolute Gasteiger partial charge is 0.455 e. The van der Waals surface area contributed by atoms with Crippen LogP contribution in [0, 0.1) is 0 Å². The fourth-order valence-corrected chi connectivity index (χ4v) is 6.63. The predicted molar refractivity (Wildman–Crippen MR) is 192 cm³/mol. The highest BCUT2D eigenvalue weighted by Crippen LogP contribution is 2.44. The molecule has 0 spiro atoms. The summed E-state index contributed by atoms with van der Waals surface area (Å²) >= 11 is 0. The number of rotatable bonds is 3. The van der Waals surface area contributed by atoms with Gasteiger partial charge in [-0.25, -0.2) is 0 Å². The topological polar surface area (TPSA) is 13.1 Å². The first-order chi connectivity index (χ1) is 21.4. The highest BCUT2D eigenvalue weighted by atomic mass is 16.3. The maximum absolute atomic E-state index is 6.62. The van der Waals surface area contributed by atoms with Crippen LogP contribution in [-0.2, 0) is 0 Å². The van der Waals surface area contributed by atoms with E-state index in [2.05, 4.69) is 72.8 Å². The van der Waals surface area contributed by atoms with Crippen LogP contribution in [0.25, 0.3) is 76.9 Å². The first-order valence-electron chi connectivity index (χ1n) is 14.4. The highest BCUT2D eigenvalue weighted by molar-refractivity contribution is 6.69. The van der Waals surface area contributed by atoms with Crippen LogP contribution in [0.3, 0.4) is 0 Å². The number of benzene rings is 7. The summed E-state index contributed by atoms with van der Waals surface area (Å²) in [5, 5.41) is 6.18. The van der Waals surface area contributed by atoms with E-state index in [0.717, 1.165) is 71.3 Å². The van der Waals surface area contributed by atoms with Crippen molar-refractivity contribution in [1.29, 1.82) is 0 Å². The molecule has 1 aromatic heterocycles. The monoisotopic (exact) mass is 546 g/mol. The first kappa shape index (κ1) is 26.8. The van der Waals surface area contributed by atoms with Gasteiger partial charge in [0.2, 0.25) is 0 Å². The molecule has 0 saturated heterocycles. The molecule has 0 bridgehead atoms. The fourth-order valence-electron chi connectivity index (χ4n) is 6.63. The molecule has 1 heterocycles. The molecule has 0 N–H and O–H groups in total. The molecule has 7 aromatic carbocycles. The summed E-state index contributed by atoms with van der Waals surface area (Å²) in [6, 6.07) is 39.6. The third-order valence-electron chi connectivity index (χ3n) is 8.75. The van der Waals surface area contributed by atoms with E-state index in [4.69, 9.17) is 43.6 Å². The zero-order chi connectivity index (χ0) is 30.1. The van der Waals surface area contributed by atoms with E-state index in [0.29, 0.717) is 16.5 Å². The Morgan fingerprint density at radius 2 is 0.886 bits per heavy atom. The minimum atomic E-state index is 0.199. The van der Waals surface area contributed by atoms with E-state index < -0.39 is 0 Å². The van der Waals surface area contributed by atoms with Crippen LogP contribution in [0.1, 0.15) is 0 Å². The second-order valence-corrected chi connectivity index (χ2v) is 11.1. The van der Waals surface area contributed by atoms with Gasteiger partial charge in [0.05, 0.1) is 0 Å². The van der Waals surface area contributed by atoms with Crippen LogP contribution >= 0.6 is 0 Å². The minimum absolute atomic E-state index is 0.199. The zero-order valence-corrected chi connectivity index (χ0v) is 23.8. The SMILES string of the molecule is [B]c1c([B])c([B])c(-c2c3ccccc3c(-c3ccc4oc5c(-c6ccccc6)cccc5c4c3)c3ccccc23)c([B])c1[B]. The predicted octanol–water partition coefficient (Wildman–Crippen LogP) is 4.86. The molecule has 0 saturated carbocycles. The number of hydrogen-bond acceptors (Lipinski definition) is 1. The van der Waals surface area contributed by atoms with Crippen LogP contribution < -0.4 is 27.3 Å². The molecule has 44 heavy (non-hydrogen) atoms. The third-order valence-corrected chi connectivity index (χ3v) is 8.75. The van der Waals surface area contributed by atoms with Gasteiger partial charge >= 0.3 is 0 Å². The van der Waals surface area contributed by atoms with Crippen molar-refractivity contribution >= 4 is 110 Å². The summed E-state index contributed by atoms with van der Waals surface area (Å²) in [7, 11) is 32.1. The van der Waals surface area contributed by atoms with Crippen LogP contribution in [0.15, 0.2) is 120 Å². The summed E-state index contributed by atoms with van der Waals surface area (Å²) in [6.07, 6.45) is 0. The van der Waals surface area contributed by atoms with Crippen molar-refractivity contribution in [3.63, 3.8) is 0 Å². The van der Waals surface area contributed by atoms with E-state index in [1.54, 1.807) is 0 Å². The van der Waals surface area contributed by atoms with Crippen LogP contribution in [0.5, 0.6) is 0 Å². The summed E-state index contributed by atoms with van der Waals surface area (Å²) in [6.45, 7) is 0. The Kier molecular flexibility index (Phi) is 6.17. The molecule has 0 atom stereocenters. The lowest BCUT2D eigenvalue weighted by Crippen LogP contribution is -2.55. The normalized spacial score (nSPS) is 11.6. The van der Waals surface area contributed by atoms with Crippen LogP contribution in [0.4, 0.5) is 0 Å². The second kappa shape index (κ2) is 10.1. The standard InChI is InChI=1S/C38H19B5O/c39-33-32(34(40)36(42)37(43)35(33)41)31-25-13-6-4-11-23(25)30(24-12-5-7-14-26(24)31)21-17-18-29-28(19-21)27-16-8-15-22(38(27)44-29)20-9-2-1-3-10-20/h1-19H. The van der Waals surface area contributed by atoms with E-state index in [1.807, 2.05) is 42.5 Å². The fraction of sp³-hybridized carbons (Fsp3) is 0. The molecule has 6 heteroatoms. The molecular formula is C38H19B5O. The first-order valence-corrected chi connectivity index (χ1v) is 14.4. The van der Waals surface area contributed by atoms with Gasteiger partial charge in [-0.05, 0) is 61.5 Å². The lowest BCUT2D eigenvalue weighted by molar-refractivity contribution is 0.670. The Bertz CT molecular complexity index is 2360. The molecule has 1 nitrogen and oxygen atoms in total. The van der Waals surface area contributed by atoms with Crippen molar-refractivity contribution in [2.45, 2.75) is 0 Å². The smallest absolute Gasteiger partial charge is 0.143 e. The van der Waals surface area contributed by atoms with Gasteiger partial charge in [0, 0.05) is 16.3 Å². The average Bonchev–Trinajstić information content (AvgIpc) is 3.45. The summed E-state index contributed by atoms with van der Waals surface area (Å²) < 4.78 is 6.48. The van der Waals surface area contributed by atoms with Gasteiger partial charge in [0.25, 0.3) is 0 Å². The molecule has 10 radical (unpaired) electrons. The van der Waals surface area contributed by atoms with Gasteiger partial charge in [-0.15, -0.1) is 16.4 Å². The quantitative estimate of drug-likeness (QED) is 0.228. The van der Waals surface area contributed by atoms with E-state index in [-0.39, 0.29) is 16.4 Å². The molecule has 192 valence electrons. The van der Waals surface area contributed by atoms with E-state index in [1.165, 1.54) is 0 Å². The maximum Gasteiger partial charge on any atom is 0.143 e. The van der Waals surface area contributed by atoms with E-state index >= 15 is 0 Å². The molecule has 8 aromatic rings. The van der Waals surface area contributed by atoms with E-state index in [9.17, 15) is 0 Å². The lowest BCUT2D eigenvalue weighted by atomic mass is 9.59. The molecule has 0 amide bonds. The summed E-state index contributed by atoms with van der Waals surface area (Å²) in [5.41, 5.74) is 8.84. The molecular weight excluding hydrogens is 526 g/mol. The Balaban J connectivity index is 1.45. The van der Waals surface area contributed by atoms with Gasteiger partial charge in [0.15, 0.2) is 0 Å². The van der Waals surface area contributed by atoms with Gasteiger partial charge in [0.1, 0.15) is 50.4 Å². The number of hydrogen-bond donors (Lipinski definition) is 0. The Hall–Kier alpha value is -4.82. The van der Waals surface area contributed by atoms with Crippen molar-refractivity contribution in [3.8, 4) is 33.4 Å². The van der Waals surface area contributed by atoms with Crippen molar-refractivity contribution in [3.05, 3.63) is 115 Å². The summed E-state index contributed by atoms with van der Waals surface area (Å²) in [5.74, 6) is 0. The van der Waals surface area contributed by atoms with Crippen molar-refractivity contribution in [2.75, 3.05) is 0 Å². The average molecular weight is 546 g/mol. The Labute approximate surface area is 262 Å². The molecule has 8 rings (SSSR count). The second-order valence-electron chi connectivity index (χ2n) is 11.1. The number of fused-ring (bicyclic) bond motifs is 5. The van der Waals surface area contributed by atoms with Crippen molar-refractivity contribution < 1.29 is 4.42 Å². The van der Waals surface area contributed by atoms with Gasteiger partial charge in [-0.2, -0.15) is 0 Å². The van der Waals surface area contributed by atoms with Gasteiger partial charge < -0.3 is 4.42 Å². The Morgan fingerprint density at radius 3 is 1.50 bits per heavy atom. The molecule has 0 unspecified atom stereocenters. The minimum Gasteiger partial charge on any atom is -0.455 e. The summed E-state index contributed by atoms with van der Waals surface area (Å²) in [4.78, 5) is 0. The highest BCUT2D eigenvalue weighted by Gasteiger charge is 2.21.